The number of aliphatic hydroxyl groups is 1. The molecule has 2 rings (SSSR count). The quantitative estimate of drug-likeness (QED) is 0.467. The Morgan fingerprint density at radius 1 is 1.52 bits per heavy atom. The monoisotopic (exact) mass is 406 g/mol. The molecular formula is C11H19ClN2O6S3. The van der Waals surface area contributed by atoms with Gasteiger partial charge in [0.25, 0.3) is 0 Å². The lowest BCUT2D eigenvalue weighted by atomic mass is 10.1. The number of rotatable bonds is 6. The Hall–Kier alpha value is 0.120. The van der Waals surface area contributed by atoms with Gasteiger partial charge in [-0.15, -0.1) is 0 Å². The topological polar surface area (TPSA) is 127 Å². The van der Waals surface area contributed by atoms with Gasteiger partial charge < -0.3 is 9.84 Å². The van der Waals surface area contributed by atoms with Gasteiger partial charge in [0.05, 0.1) is 6.10 Å². The van der Waals surface area contributed by atoms with Crippen LogP contribution in [0.4, 0.5) is 0 Å². The summed E-state index contributed by atoms with van der Waals surface area (Å²) in [5, 5.41) is 15.3. The Morgan fingerprint density at radius 3 is 2.74 bits per heavy atom. The number of aliphatic hydroxyl groups excluding tert-OH is 1. The molecule has 3 N–H and O–H groups in total. The number of thioether (sulfide) groups is 1. The van der Waals surface area contributed by atoms with Crippen molar-refractivity contribution in [1.82, 2.24) is 4.31 Å². The van der Waals surface area contributed by atoms with Crippen molar-refractivity contribution in [3.05, 3.63) is 9.81 Å². The van der Waals surface area contributed by atoms with Crippen molar-refractivity contribution in [2.75, 3.05) is 26.8 Å². The maximum absolute atomic E-state index is 12.6. The second-order valence-corrected chi connectivity index (χ2v) is 12.0. The van der Waals surface area contributed by atoms with Crippen molar-refractivity contribution in [3.63, 3.8) is 0 Å². The zero-order valence-corrected chi connectivity index (χ0v) is 15.6. The number of ether oxygens (including phenoxy) is 1. The molecule has 2 heterocycles. The summed E-state index contributed by atoms with van der Waals surface area (Å²) in [4.78, 5) is 0. The molecule has 2 unspecified atom stereocenters. The fourth-order valence-electron chi connectivity index (χ4n) is 2.44. The van der Waals surface area contributed by atoms with Gasteiger partial charge in [-0.1, -0.05) is 23.4 Å². The zero-order chi connectivity index (χ0) is 17.5. The molecule has 0 saturated heterocycles. The van der Waals surface area contributed by atoms with Crippen LogP contribution in [0.25, 0.3) is 0 Å². The number of nitrogens with zero attached hydrogens (tertiary/aromatic N) is 1. The highest BCUT2D eigenvalue weighted by molar-refractivity contribution is 8.26. The van der Waals surface area contributed by atoms with Gasteiger partial charge in [-0.2, -0.15) is 4.31 Å². The number of nitrogens with two attached hydrogens (primary N) is 1. The first-order chi connectivity index (χ1) is 10.5. The first-order valence-electron chi connectivity index (χ1n) is 6.83. The molecule has 0 aliphatic carbocycles. The summed E-state index contributed by atoms with van der Waals surface area (Å²) in [7, 11) is -6.52. The van der Waals surface area contributed by atoms with Crippen molar-refractivity contribution >= 4 is 43.4 Å². The van der Waals surface area contributed by atoms with Crippen molar-refractivity contribution in [2.24, 2.45) is 5.14 Å². The first kappa shape index (κ1) is 19.4. The van der Waals surface area contributed by atoms with Gasteiger partial charge in [0, 0.05) is 33.2 Å². The third-order valence-electron chi connectivity index (χ3n) is 3.69. The van der Waals surface area contributed by atoms with E-state index in [9.17, 15) is 21.9 Å². The zero-order valence-electron chi connectivity index (χ0n) is 12.4. The van der Waals surface area contributed by atoms with E-state index < -0.39 is 29.7 Å². The van der Waals surface area contributed by atoms with Crippen LogP contribution in [-0.2, 0) is 24.8 Å². The van der Waals surface area contributed by atoms with Crippen molar-refractivity contribution < 1.29 is 26.7 Å². The van der Waals surface area contributed by atoms with E-state index in [2.05, 4.69) is 0 Å². The molecule has 134 valence electrons. The summed E-state index contributed by atoms with van der Waals surface area (Å²) in [6.45, 7) is 0.604. The van der Waals surface area contributed by atoms with E-state index >= 15 is 0 Å². The van der Waals surface area contributed by atoms with Gasteiger partial charge in [-0.25, -0.2) is 22.0 Å². The van der Waals surface area contributed by atoms with Gasteiger partial charge in [-0.3, -0.25) is 0 Å². The first-order valence-corrected chi connectivity index (χ1v) is 11.0. The van der Waals surface area contributed by atoms with E-state index in [1.807, 2.05) is 0 Å². The molecule has 12 heteroatoms. The Labute approximate surface area is 145 Å². The molecule has 0 aromatic rings. The number of primary sulfonamides is 1. The number of alkyl halides is 1. The molecule has 2 aliphatic rings. The Morgan fingerprint density at radius 2 is 2.17 bits per heavy atom. The molecule has 0 aromatic heterocycles. The van der Waals surface area contributed by atoms with E-state index in [0.29, 0.717) is 31.2 Å². The molecule has 2 aliphatic heterocycles. The number of β-amino-alcohol motifs (C(OH)–C–C–N with tert-alkyl or cyclic N) is 1. The molecule has 8 nitrogen and oxygen atoms in total. The fourth-order valence-corrected chi connectivity index (χ4v) is 7.67. The van der Waals surface area contributed by atoms with Crippen LogP contribution in [0, 0.1) is 0 Å². The van der Waals surface area contributed by atoms with E-state index in [1.54, 1.807) is 7.11 Å². The normalized spacial score (nSPS) is 31.4. The lowest BCUT2D eigenvalue weighted by Crippen LogP contribution is -2.43. The number of halogens is 1. The van der Waals surface area contributed by atoms with Crippen LogP contribution >= 0.6 is 23.4 Å². The van der Waals surface area contributed by atoms with Gasteiger partial charge in [0.1, 0.15) is 4.24 Å². The molecule has 0 spiro atoms. The Balaban J connectivity index is 2.23. The molecule has 2 atom stereocenters. The van der Waals surface area contributed by atoms with Gasteiger partial charge in [0.2, 0.25) is 23.6 Å². The van der Waals surface area contributed by atoms with Crippen molar-refractivity contribution in [2.45, 2.75) is 28.9 Å². The highest BCUT2D eigenvalue weighted by Crippen LogP contribution is 2.55. The second kappa shape index (κ2) is 6.79. The molecule has 0 radical (unpaired) electrons. The molecule has 0 aromatic carbocycles. The number of hydrogen-bond acceptors (Lipinski definition) is 7. The molecule has 23 heavy (non-hydrogen) atoms. The van der Waals surface area contributed by atoms with Crippen LogP contribution in [0.2, 0.25) is 0 Å². The lowest BCUT2D eigenvalue weighted by Gasteiger charge is -2.30. The Kier molecular flexibility index (Phi) is 5.74. The van der Waals surface area contributed by atoms with Crippen LogP contribution in [0.1, 0.15) is 19.3 Å². The van der Waals surface area contributed by atoms with Crippen molar-refractivity contribution in [1.29, 1.82) is 0 Å². The van der Waals surface area contributed by atoms with E-state index in [0.717, 1.165) is 4.31 Å². The maximum Gasteiger partial charge on any atom is 0.249 e. The summed E-state index contributed by atoms with van der Waals surface area (Å²) < 4.78 is 52.4. The lowest BCUT2D eigenvalue weighted by molar-refractivity contribution is 0.164. The summed E-state index contributed by atoms with van der Waals surface area (Å²) in [5.41, 5.74) is 0.118. The third kappa shape index (κ3) is 3.71. The highest BCUT2D eigenvalue weighted by Gasteiger charge is 2.54. The Bertz CT molecular complexity index is 707. The largest absolute Gasteiger partial charge is 0.387 e. The molecular weight excluding hydrogens is 388 g/mol. The van der Waals surface area contributed by atoms with Crippen LogP contribution < -0.4 is 5.14 Å². The minimum absolute atomic E-state index is 0.118. The highest BCUT2D eigenvalue weighted by atomic mass is 35.5. The van der Waals surface area contributed by atoms with Gasteiger partial charge in [0.15, 0.2) is 0 Å². The SMILES string of the molecule is COCCCCN1CC(O)C2=C(SC(Cl)(S(N)(=O)=O)C2)S1(=O)=O. The van der Waals surface area contributed by atoms with Crippen LogP contribution in [0.15, 0.2) is 9.81 Å². The molecule has 0 saturated carbocycles. The number of sulfonamides is 2. The number of unbranched alkanes of at least 4 members (excludes halogenated alkanes) is 1. The third-order valence-corrected chi connectivity index (χ3v) is 10.2. The van der Waals surface area contributed by atoms with Gasteiger partial charge >= 0.3 is 0 Å². The molecule has 0 fully saturated rings. The summed E-state index contributed by atoms with van der Waals surface area (Å²) >= 11 is 6.48. The van der Waals surface area contributed by atoms with Crippen LogP contribution in [-0.4, -0.2) is 62.7 Å². The van der Waals surface area contributed by atoms with Crippen molar-refractivity contribution in [3.8, 4) is 0 Å². The van der Waals surface area contributed by atoms with Gasteiger partial charge in [-0.05, 0) is 18.4 Å². The average molecular weight is 407 g/mol. The van der Waals surface area contributed by atoms with Crippen LogP contribution in [0.3, 0.4) is 0 Å². The molecule has 0 amide bonds. The summed E-state index contributed by atoms with van der Waals surface area (Å²) in [6.07, 6.45) is -0.167. The van der Waals surface area contributed by atoms with Crippen LogP contribution in [0.5, 0.6) is 0 Å². The second-order valence-electron chi connectivity index (χ2n) is 5.38. The average Bonchev–Trinajstić information content (AvgIpc) is 2.81. The number of methoxy groups -OCH3 is 1. The standard InChI is InChI=1S/C11H19ClN2O6S3/c1-20-5-3-2-4-14-7-9(15)8-6-11(12,23(13,18)19)21-10(8)22(14,16)17/h9,15H,2-7H2,1H3,(H2,13,18,19). The minimum atomic E-state index is -4.20. The molecule has 0 bridgehead atoms. The van der Waals surface area contributed by atoms with E-state index in [-0.39, 0.29) is 29.3 Å². The van der Waals surface area contributed by atoms with E-state index in [1.165, 1.54) is 0 Å². The predicted molar refractivity (Wildman–Crippen MR) is 88.5 cm³/mol. The maximum atomic E-state index is 12.6. The fraction of sp³-hybridized carbons (Fsp3) is 0.818. The van der Waals surface area contributed by atoms with E-state index in [4.69, 9.17) is 21.5 Å². The smallest absolute Gasteiger partial charge is 0.249 e. The summed E-state index contributed by atoms with van der Waals surface area (Å²) in [5.74, 6) is 0. The number of hydrogen-bond donors (Lipinski definition) is 2. The predicted octanol–water partition coefficient (Wildman–Crippen LogP) is -0.0511. The summed E-state index contributed by atoms with van der Waals surface area (Å²) in [6, 6.07) is 0. The minimum Gasteiger partial charge on any atom is -0.387 e.